The van der Waals surface area contributed by atoms with Gasteiger partial charge in [0.05, 0.1) is 6.54 Å². The maximum atomic E-state index is 12.3. The molecule has 0 radical (unpaired) electrons. The molecule has 0 atom stereocenters. The number of rotatable bonds is 3. The summed E-state index contributed by atoms with van der Waals surface area (Å²) in [5.41, 5.74) is -1.02. The molecule has 1 spiro atoms. The Hall–Kier alpha value is -2.38. The quantitative estimate of drug-likeness (QED) is 0.789. The van der Waals surface area contributed by atoms with Gasteiger partial charge >= 0.3 is 12.0 Å². The number of hydrogen-bond acceptors (Lipinski definition) is 5. The summed E-state index contributed by atoms with van der Waals surface area (Å²) in [5, 5.41) is 14.8. The minimum Gasteiger partial charge on any atom is -0.476 e. The van der Waals surface area contributed by atoms with Gasteiger partial charge in [-0.2, -0.15) is 0 Å². The van der Waals surface area contributed by atoms with E-state index in [0.29, 0.717) is 12.8 Å². The van der Waals surface area contributed by atoms with Crippen molar-refractivity contribution in [2.75, 3.05) is 0 Å². The van der Waals surface area contributed by atoms with Gasteiger partial charge in [0.2, 0.25) is 0 Å². The van der Waals surface area contributed by atoms with Crippen LogP contribution in [0.4, 0.5) is 4.79 Å². The lowest BCUT2D eigenvalue weighted by Gasteiger charge is -2.19. The number of carboxylic acids is 1. The molecule has 2 heterocycles. The maximum Gasteiger partial charge on any atom is 0.358 e. The average Bonchev–Trinajstić information content (AvgIpc) is 3.08. The number of nitrogens with zero attached hydrogens (tertiary/aromatic N) is 2. The van der Waals surface area contributed by atoms with Gasteiger partial charge in [-0.25, -0.2) is 9.59 Å². The van der Waals surface area contributed by atoms with E-state index in [4.69, 9.17) is 9.63 Å². The summed E-state index contributed by atoms with van der Waals surface area (Å²) in [4.78, 5) is 36.0. The number of urea groups is 1. The minimum absolute atomic E-state index is 0.104. The zero-order chi connectivity index (χ0) is 14.3. The first-order valence-corrected chi connectivity index (χ1v) is 6.35. The summed E-state index contributed by atoms with van der Waals surface area (Å²) in [5.74, 6) is -1.32. The normalized spacial score (nSPS) is 20.7. The number of carbonyl (C=O) groups excluding carboxylic acids is 2. The van der Waals surface area contributed by atoms with Crippen LogP contribution in [0.1, 0.15) is 41.9 Å². The topological polar surface area (TPSA) is 113 Å². The van der Waals surface area contributed by atoms with Gasteiger partial charge in [-0.1, -0.05) is 18.0 Å². The van der Waals surface area contributed by atoms with Crippen LogP contribution in [0.3, 0.4) is 0 Å². The van der Waals surface area contributed by atoms with Crippen molar-refractivity contribution in [3.05, 3.63) is 17.5 Å². The Balaban J connectivity index is 1.78. The van der Waals surface area contributed by atoms with Crippen molar-refractivity contribution in [1.82, 2.24) is 15.4 Å². The molecule has 20 heavy (non-hydrogen) atoms. The van der Waals surface area contributed by atoms with Gasteiger partial charge in [-0.05, 0) is 12.8 Å². The molecule has 1 aliphatic heterocycles. The van der Waals surface area contributed by atoms with Crippen LogP contribution in [0.15, 0.2) is 10.6 Å². The molecule has 2 fully saturated rings. The predicted octanol–water partition coefficient (Wildman–Crippen LogP) is 0.737. The SMILES string of the molecule is O=C(O)c1cc(CN2C(=O)NC3(CCCC3)C2=O)on1. The second-order valence-electron chi connectivity index (χ2n) is 5.09. The number of imide groups is 1. The van der Waals surface area contributed by atoms with Gasteiger partial charge in [0, 0.05) is 6.07 Å². The Kier molecular flexibility index (Phi) is 2.73. The standard InChI is InChI=1S/C12H13N3O5/c16-9(17)8-5-7(20-14-8)6-15-10(18)12(13-11(15)19)3-1-2-4-12/h5H,1-4,6H2,(H,13,19)(H,16,17). The van der Waals surface area contributed by atoms with Crippen molar-refractivity contribution in [3.63, 3.8) is 0 Å². The van der Waals surface area contributed by atoms with E-state index < -0.39 is 17.5 Å². The molecule has 0 aromatic carbocycles. The van der Waals surface area contributed by atoms with E-state index in [2.05, 4.69) is 10.5 Å². The average molecular weight is 279 g/mol. The van der Waals surface area contributed by atoms with Crippen molar-refractivity contribution in [2.45, 2.75) is 37.8 Å². The predicted molar refractivity (Wildman–Crippen MR) is 63.7 cm³/mol. The first-order valence-electron chi connectivity index (χ1n) is 6.35. The molecule has 1 saturated heterocycles. The van der Waals surface area contributed by atoms with Crippen molar-refractivity contribution in [2.24, 2.45) is 0 Å². The third kappa shape index (κ3) is 1.84. The van der Waals surface area contributed by atoms with Crippen LogP contribution in [-0.2, 0) is 11.3 Å². The van der Waals surface area contributed by atoms with Crippen LogP contribution in [-0.4, -0.2) is 38.6 Å². The number of nitrogens with one attached hydrogen (secondary N) is 1. The number of hydrogen-bond donors (Lipinski definition) is 2. The van der Waals surface area contributed by atoms with Crippen molar-refractivity contribution < 1.29 is 24.0 Å². The molecule has 8 heteroatoms. The smallest absolute Gasteiger partial charge is 0.358 e. The third-order valence-corrected chi connectivity index (χ3v) is 3.80. The van der Waals surface area contributed by atoms with Crippen LogP contribution >= 0.6 is 0 Å². The zero-order valence-corrected chi connectivity index (χ0v) is 10.6. The first kappa shape index (κ1) is 12.6. The number of carboxylic acid groups (broad SMARTS) is 1. The summed E-state index contributed by atoms with van der Waals surface area (Å²) in [6.45, 7) is -0.104. The summed E-state index contributed by atoms with van der Waals surface area (Å²) in [7, 11) is 0. The molecule has 106 valence electrons. The molecule has 1 aromatic heterocycles. The fourth-order valence-corrected chi connectivity index (χ4v) is 2.78. The van der Waals surface area contributed by atoms with Gasteiger partial charge in [0.15, 0.2) is 11.5 Å². The molecule has 3 amide bonds. The molecule has 0 unspecified atom stereocenters. The van der Waals surface area contributed by atoms with Gasteiger partial charge in [-0.3, -0.25) is 9.69 Å². The molecular formula is C12H13N3O5. The van der Waals surface area contributed by atoms with Gasteiger partial charge in [-0.15, -0.1) is 0 Å². The Morgan fingerprint density at radius 2 is 2.15 bits per heavy atom. The maximum absolute atomic E-state index is 12.3. The highest BCUT2D eigenvalue weighted by molar-refractivity contribution is 6.07. The van der Waals surface area contributed by atoms with Gasteiger partial charge in [0.1, 0.15) is 5.54 Å². The second-order valence-corrected chi connectivity index (χ2v) is 5.09. The lowest BCUT2D eigenvalue weighted by Crippen LogP contribution is -2.44. The van der Waals surface area contributed by atoms with E-state index in [1.807, 2.05) is 0 Å². The number of aromatic nitrogens is 1. The van der Waals surface area contributed by atoms with E-state index in [1.165, 1.54) is 6.07 Å². The Morgan fingerprint density at radius 1 is 1.45 bits per heavy atom. The van der Waals surface area contributed by atoms with Gasteiger partial charge in [0.25, 0.3) is 5.91 Å². The van der Waals surface area contributed by atoms with Crippen molar-refractivity contribution in [3.8, 4) is 0 Å². The third-order valence-electron chi connectivity index (χ3n) is 3.80. The summed E-state index contributed by atoms with van der Waals surface area (Å²) in [6.07, 6.45) is 3.10. The molecule has 1 aliphatic carbocycles. The zero-order valence-electron chi connectivity index (χ0n) is 10.6. The monoisotopic (exact) mass is 279 g/mol. The van der Waals surface area contributed by atoms with Crippen molar-refractivity contribution >= 4 is 17.9 Å². The molecule has 3 rings (SSSR count). The molecule has 1 saturated carbocycles. The highest BCUT2D eigenvalue weighted by atomic mass is 16.5. The number of amides is 3. The highest BCUT2D eigenvalue weighted by Gasteiger charge is 2.52. The van der Waals surface area contributed by atoms with Crippen LogP contribution in [0.25, 0.3) is 0 Å². The van der Waals surface area contributed by atoms with Crippen LogP contribution in [0.5, 0.6) is 0 Å². The molecular weight excluding hydrogens is 266 g/mol. The summed E-state index contributed by atoms with van der Waals surface area (Å²) in [6, 6.07) is 0.743. The van der Waals surface area contributed by atoms with Crippen LogP contribution in [0, 0.1) is 0 Å². The fourth-order valence-electron chi connectivity index (χ4n) is 2.78. The Labute approximate surface area is 113 Å². The van der Waals surface area contributed by atoms with E-state index in [1.54, 1.807) is 0 Å². The summed E-state index contributed by atoms with van der Waals surface area (Å²) >= 11 is 0. The van der Waals surface area contributed by atoms with Crippen LogP contribution < -0.4 is 5.32 Å². The second kappa shape index (κ2) is 4.32. The molecule has 1 aromatic rings. The lowest BCUT2D eigenvalue weighted by molar-refractivity contribution is -0.131. The van der Waals surface area contributed by atoms with Gasteiger partial charge < -0.3 is 14.9 Å². The molecule has 2 aliphatic rings. The number of aromatic carboxylic acids is 1. The lowest BCUT2D eigenvalue weighted by atomic mass is 9.98. The van der Waals surface area contributed by atoms with E-state index in [0.717, 1.165) is 17.7 Å². The number of carbonyl (C=O) groups is 3. The highest BCUT2D eigenvalue weighted by Crippen LogP contribution is 2.35. The van der Waals surface area contributed by atoms with E-state index in [-0.39, 0.29) is 23.9 Å². The minimum atomic E-state index is -1.22. The first-order chi connectivity index (χ1) is 9.52. The summed E-state index contributed by atoms with van der Waals surface area (Å²) < 4.78 is 4.83. The molecule has 2 N–H and O–H groups in total. The Morgan fingerprint density at radius 3 is 2.75 bits per heavy atom. The van der Waals surface area contributed by atoms with Crippen LogP contribution in [0.2, 0.25) is 0 Å². The van der Waals surface area contributed by atoms with Crippen molar-refractivity contribution in [1.29, 1.82) is 0 Å². The largest absolute Gasteiger partial charge is 0.476 e. The Bertz CT molecular complexity index is 588. The van der Waals surface area contributed by atoms with E-state index >= 15 is 0 Å². The van der Waals surface area contributed by atoms with E-state index in [9.17, 15) is 14.4 Å². The molecule has 8 nitrogen and oxygen atoms in total. The molecule has 0 bridgehead atoms. The fraction of sp³-hybridized carbons (Fsp3) is 0.500.